The number of hydrogen-bond acceptors (Lipinski definition) is 5. The summed E-state index contributed by atoms with van der Waals surface area (Å²) in [5.74, 6) is -2.39. The Kier molecular flexibility index (Phi) is 4.98. The fourth-order valence-corrected chi connectivity index (χ4v) is 2.40. The van der Waals surface area contributed by atoms with E-state index in [1.807, 2.05) is 0 Å². The Balaban J connectivity index is 2.37. The number of benzene rings is 1. The van der Waals surface area contributed by atoms with Crippen LogP contribution in [0.5, 0.6) is 0 Å². The summed E-state index contributed by atoms with van der Waals surface area (Å²) in [6.07, 6.45) is -4.91. The molecule has 1 aliphatic heterocycles. The second-order valence-corrected chi connectivity index (χ2v) is 5.05. The van der Waals surface area contributed by atoms with Gasteiger partial charge in [-0.2, -0.15) is 13.2 Å². The number of rotatable bonds is 5. The smallest absolute Gasteiger partial charge is 0.432 e. The second-order valence-electron chi connectivity index (χ2n) is 5.05. The minimum Gasteiger partial charge on any atom is -0.458 e. The Morgan fingerprint density at radius 1 is 1.25 bits per heavy atom. The minimum atomic E-state index is -5.07. The molecule has 1 aliphatic rings. The van der Waals surface area contributed by atoms with Gasteiger partial charge in [-0.05, 0) is 13.0 Å². The van der Waals surface area contributed by atoms with Gasteiger partial charge in [0.25, 0.3) is 5.60 Å². The molecule has 8 heteroatoms. The van der Waals surface area contributed by atoms with E-state index in [9.17, 15) is 22.8 Å². The summed E-state index contributed by atoms with van der Waals surface area (Å²) in [5.41, 5.74) is -3.71. The van der Waals surface area contributed by atoms with Gasteiger partial charge in [0.1, 0.15) is 12.7 Å². The average molecular weight is 344 g/mol. The van der Waals surface area contributed by atoms with Crippen LogP contribution in [0, 0.1) is 0 Å². The lowest BCUT2D eigenvalue weighted by atomic mass is 9.92. The molecule has 0 fully saturated rings. The first kappa shape index (κ1) is 18.0. The van der Waals surface area contributed by atoms with Gasteiger partial charge in [0, 0.05) is 12.7 Å². The summed E-state index contributed by atoms with van der Waals surface area (Å²) < 4.78 is 55.2. The van der Waals surface area contributed by atoms with Crippen LogP contribution in [0.2, 0.25) is 0 Å². The molecule has 0 aliphatic carbocycles. The first-order chi connectivity index (χ1) is 11.2. The topological polar surface area (TPSA) is 61.8 Å². The molecule has 0 N–H and O–H groups in total. The zero-order chi connectivity index (χ0) is 18.0. The fraction of sp³-hybridized carbons (Fsp3) is 0.375. The Morgan fingerprint density at radius 3 is 2.33 bits per heavy atom. The van der Waals surface area contributed by atoms with Crippen molar-refractivity contribution in [3.05, 3.63) is 47.5 Å². The van der Waals surface area contributed by atoms with E-state index in [1.165, 1.54) is 31.2 Å². The van der Waals surface area contributed by atoms with E-state index >= 15 is 0 Å². The minimum absolute atomic E-state index is 0.0105. The molecule has 0 bridgehead atoms. The van der Waals surface area contributed by atoms with Gasteiger partial charge in [-0.25, -0.2) is 9.59 Å². The van der Waals surface area contributed by atoms with Crippen LogP contribution < -0.4 is 0 Å². The highest BCUT2D eigenvalue weighted by molar-refractivity contribution is 5.92. The molecule has 0 amide bonds. The molecule has 0 radical (unpaired) electrons. The Morgan fingerprint density at radius 2 is 1.88 bits per heavy atom. The third kappa shape index (κ3) is 3.01. The van der Waals surface area contributed by atoms with E-state index in [0.29, 0.717) is 0 Å². The van der Waals surface area contributed by atoms with Gasteiger partial charge in [-0.15, -0.1) is 0 Å². The normalized spacial score (nSPS) is 18.4. The number of carbonyl (C=O) groups excluding carboxylic acids is 2. The molecule has 2 atom stereocenters. The number of carbonyl (C=O) groups is 2. The molecule has 130 valence electrons. The average Bonchev–Trinajstić information content (AvgIpc) is 2.94. The molecule has 24 heavy (non-hydrogen) atoms. The molecule has 1 aromatic carbocycles. The van der Waals surface area contributed by atoms with Gasteiger partial charge >= 0.3 is 18.1 Å². The van der Waals surface area contributed by atoms with Gasteiger partial charge in [0.05, 0.1) is 5.57 Å². The number of methoxy groups -OCH3 is 1. The van der Waals surface area contributed by atoms with Crippen molar-refractivity contribution in [1.82, 2.24) is 0 Å². The van der Waals surface area contributed by atoms with Crippen LogP contribution in [0.1, 0.15) is 12.5 Å². The standard InChI is InChI=1S/C16H15F3O5/c1-10(12-8-9-23-13(12)20)24-14(21)15(22-2,16(17,18)19)11-6-4-3-5-7-11/h3-8,10H,9H2,1-2H3/t10-,15-/m1/s1. The zero-order valence-corrected chi connectivity index (χ0v) is 12.9. The molecule has 0 saturated carbocycles. The number of ether oxygens (including phenoxy) is 3. The SMILES string of the molecule is CO[C@@](C(=O)O[C@H](C)C1=CCOC1=O)(c1ccccc1)C(F)(F)F. The van der Waals surface area contributed by atoms with Crippen molar-refractivity contribution in [2.24, 2.45) is 0 Å². The highest BCUT2D eigenvalue weighted by Crippen LogP contribution is 2.43. The second kappa shape index (κ2) is 6.64. The van der Waals surface area contributed by atoms with Gasteiger partial charge in [0.15, 0.2) is 0 Å². The number of cyclic esters (lactones) is 1. The Labute approximate surface area is 136 Å². The third-order valence-electron chi connectivity index (χ3n) is 3.65. The fourth-order valence-electron chi connectivity index (χ4n) is 2.40. The van der Waals surface area contributed by atoms with Crippen LogP contribution in [-0.4, -0.2) is 37.9 Å². The van der Waals surface area contributed by atoms with Gasteiger partial charge < -0.3 is 14.2 Å². The number of halogens is 3. The highest BCUT2D eigenvalue weighted by Gasteiger charge is 2.64. The molecular weight excluding hydrogens is 329 g/mol. The molecule has 1 heterocycles. The van der Waals surface area contributed by atoms with Crippen LogP contribution in [0.25, 0.3) is 0 Å². The predicted octanol–water partition coefficient (Wildman–Crippen LogP) is 2.51. The largest absolute Gasteiger partial charge is 0.458 e. The van der Waals surface area contributed by atoms with Crippen LogP contribution in [0.4, 0.5) is 13.2 Å². The van der Waals surface area contributed by atoms with E-state index in [4.69, 9.17) is 4.74 Å². The molecule has 1 aromatic rings. The first-order valence-corrected chi connectivity index (χ1v) is 6.99. The third-order valence-corrected chi connectivity index (χ3v) is 3.65. The van der Waals surface area contributed by atoms with Crippen LogP contribution in [0.15, 0.2) is 42.0 Å². The Bertz CT molecular complexity index is 653. The van der Waals surface area contributed by atoms with E-state index in [0.717, 1.165) is 19.2 Å². The molecular formula is C16H15F3O5. The van der Waals surface area contributed by atoms with Crippen LogP contribution in [-0.2, 0) is 29.4 Å². The molecule has 0 unspecified atom stereocenters. The lowest BCUT2D eigenvalue weighted by Gasteiger charge is -2.33. The lowest BCUT2D eigenvalue weighted by Crippen LogP contribution is -2.52. The van der Waals surface area contributed by atoms with Gasteiger partial charge in [0.2, 0.25) is 0 Å². The van der Waals surface area contributed by atoms with Crippen molar-refractivity contribution in [2.75, 3.05) is 13.7 Å². The summed E-state index contributed by atoms with van der Waals surface area (Å²) >= 11 is 0. The summed E-state index contributed by atoms with van der Waals surface area (Å²) in [5, 5.41) is 0. The highest BCUT2D eigenvalue weighted by atomic mass is 19.4. The predicted molar refractivity (Wildman–Crippen MR) is 75.8 cm³/mol. The zero-order valence-electron chi connectivity index (χ0n) is 12.9. The maximum absolute atomic E-state index is 13.7. The van der Waals surface area contributed by atoms with Crippen molar-refractivity contribution in [3.63, 3.8) is 0 Å². The number of alkyl halides is 3. The maximum atomic E-state index is 13.7. The van der Waals surface area contributed by atoms with Gasteiger partial charge in [-0.3, -0.25) is 0 Å². The molecule has 0 aromatic heterocycles. The molecule has 2 rings (SSSR count). The summed E-state index contributed by atoms with van der Waals surface area (Å²) in [6.45, 7) is 1.28. The van der Waals surface area contributed by atoms with E-state index in [-0.39, 0.29) is 12.2 Å². The van der Waals surface area contributed by atoms with Crippen LogP contribution >= 0.6 is 0 Å². The lowest BCUT2D eigenvalue weighted by molar-refractivity contribution is -0.277. The van der Waals surface area contributed by atoms with Crippen molar-refractivity contribution in [2.45, 2.75) is 24.8 Å². The Hall–Kier alpha value is -2.35. The summed E-state index contributed by atoms with van der Waals surface area (Å²) in [7, 11) is 0.773. The number of esters is 2. The molecule has 0 saturated heterocycles. The monoisotopic (exact) mass is 344 g/mol. The van der Waals surface area contributed by atoms with E-state index < -0.39 is 35.4 Å². The van der Waals surface area contributed by atoms with Crippen LogP contribution in [0.3, 0.4) is 0 Å². The molecule has 0 spiro atoms. The van der Waals surface area contributed by atoms with E-state index in [1.54, 1.807) is 0 Å². The van der Waals surface area contributed by atoms with Gasteiger partial charge in [-0.1, -0.05) is 30.3 Å². The van der Waals surface area contributed by atoms with Crippen molar-refractivity contribution in [3.8, 4) is 0 Å². The quantitative estimate of drug-likeness (QED) is 0.768. The number of hydrogen-bond donors (Lipinski definition) is 0. The van der Waals surface area contributed by atoms with E-state index in [2.05, 4.69) is 9.47 Å². The molecule has 5 nitrogen and oxygen atoms in total. The summed E-state index contributed by atoms with van der Waals surface area (Å²) in [6, 6.07) is 6.44. The van der Waals surface area contributed by atoms with Crippen molar-refractivity contribution >= 4 is 11.9 Å². The van der Waals surface area contributed by atoms with Crippen molar-refractivity contribution in [1.29, 1.82) is 0 Å². The summed E-state index contributed by atoms with van der Waals surface area (Å²) in [4.78, 5) is 23.8. The maximum Gasteiger partial charge on any atom is 0.432 e. The first-order valence-electron chi connectivity index (χ1n) is 6.99. The van der Waals surface area contributed by atoms with Crippen molar-refractivity contribution < 1.29 is 37.0 Å².